The molecule has 2 aliphatic carbocycles. The van der Waals surface area contributed by atoms with Gasteiger partial charge in [-0.1, -0.05) is 133 Å². The predicted molar refractivity (Wildman–Crippen MR) is 223 cm³/mol. The Morgan fingerprint density at radius 2 is 0.635 bits per heavy atom. The molecular formula is C52H28. The van der Waals surface area contributed by atoms with E-state index in [0.717, 1.165) is 0 Å². The van der Waals surface area contributed by atoms with Crippen molar-refractivity contribution in [2.24, 2.45) is 0 Å². The van der Waals surface area contributed by atoms with Crippen molar-refractivity contribution in [2.75, 3.05) is 0 Å². The zero-order chi connectivity index (χ0) is 33.7. The molecule has 236 valence electrons. The molecule has 0 aliphatic heterocycles. The highest BCUT2D eigenvalue weighted by Gasteiger charge is 2.26. The minimum absolute atomic E-state index is 1.26. The first-order chi connectivity index (χ1) is 25.8. The molecule has 0 amide bonds. The molecule has 0 fully saturated rings. The molecule has 52 heavy (non-hydrogen) atoms. The summed E-state index contributed by atoms with van der Waals surface area (Å²) in [6.07, 6.45) is 0. The van der Waals surface area contributed by atoms with E-state index in [0.29, 0.717) is 0 Å². The summed E-state index contributed by atoms with van der Waals surface area (Å²) in [6.45, 7) is 0. The van der Waals surface area contributed by atoms with Crippen molar-refractivity contribution in [2.45, 2.75) is 0 Å². The minimum Gasteiger partial charge on any atom is -0.0622 e. The summed E-state index contributed by atoms with van der Waals surface area (Å²) in [5, 5.41) is 18.5. The zero-order valence-corrected chi connectivity index (χ0v) is 28.2. The normalized spacial score (nSPS) is 12.6. The SMILES string of the molecule is c1ccc(-c2cccc3c2cc2c4c(cccc43)-c3cc4c(ccc5c6cc7c(cc6ccc45)-c4cc5ccccc5c5cccc-7c45)cc3-2)cc1. The second kappa shape index (κ2) is 9.51. The molecule has 13 rings (SSSR count). The van der Waals surface area contributed by atoms with Gasteiger partial charge in [-0.15, -0.1) is 0 Å². The maximum absolute atomic E-state index is 2.48. The van der Waals surface area contributed by atoms with Gasteiger partial charge in [-0.05, 0) is 167 Å². The molecule has 0 aromatic heterocycles. The van der Waals surface area contributed by atoms with E-state index in [1.807, 2.05) is 0 Å². The van der Waals surface area contributed by atoms with Gasteiger partial charge in [0.25, 0.3) is 0 Å². The summed E-state index contributed by atoms with van der Waals surface area (Å²) in [4.78, 5) is 0. The van der Waals surface area contributed by atoms with Crippen molar-refractivity contribution in [3.05, 3.63) is 170 Å². The Balaban J connectivity index is 1.05. The zero-order valence-electron chi connectivity index (χ0n) is 28.2. The molecule has 0 heteroatoms. The highest BCUT2D eigenvalue weighted by Crippen LogP contribution is 2.54. The molecule has 11 aromatic carbocycles. The fourth-order valence-electron chi connectivity index (χ4n) is 10.0. The Bertz CT molecular complexity index is 3440. The fourth-order valence-corrected chi connectivity index (χ4v) is 10.0. The number of hydrogen-bond acceptors (Lipinski definition) is 0. The lowest BCUT2D eigenvalue weighted by molar-refractivity contribution is 1.66. The standard InChI is InChI=1S/C52H28/c1-2-9-29(10-3-1)33-13-6-14-35-39-16-8-18-41-48-27-43-32(24-45(48)50(52(39)41)28-46(33)35)20-22-36-37(43)21-19-31-23-44-47(26-42(31)36)40-17-7-15-38-34-12-5-4-11-30(34)25-49(44)51(38)40/h1-28H. The molecule has 0 N–H and O–H groups in total. The molecule has 0 saturated heterocycles. The van der Waals surface area contributed by atoms with Gasteiger partial charge >= 0.3 is 0 Å². The van der Waals surface area contributed by atoms with Crippen LogP contribution in [0.25, 0.3) is 131 Å². The Hall–Kier alpha value is -6.76. The van der Waals surface area contributed by atoms with Crippen molar-refractivity contribution in [1.82, 2.24) is 0 Å². The molecule has 0 spiro atoms. The van der Waals surface area contributed by atoms with Crippen molar-refractivity contribution < 1.29 is 0 Å². The summed E-state index contributed by atoms with van der Waals surface area (Å²) in [7, 11) is 0. The van der Waals surface area contributed by atoms with Crippen molar-refractivity contribution in [1.29, 1.82) is 0 Å². The van der Waals surface area contributed by atoms with E-state index in [-0.39, 0.29) is 0 Å². The molecule has 0 radical (unpaired) electrons. The average Bonchev–Trinajstić information content (AvgIpc) is 3.68. The largest absolute Gasteiger partial charge is 0.0622 e. The second-order valence-corrected chi connectivity index (χ2v) is 14.8. The van der Waals surface area contributed by atoms with E-state index in [2.05, 4.69) is 170 Å². The van der Waals surface area contributed by atoms with E-state index in [1.165, 1.54) is 131 Å². The number of hydrogen-bond donors (Lipinski definition) is 0. The monoisotopic (exact) mass is 652 g/mol. The number of benzene rings is 11. The van der Waals surface area contributed by atoms with Crippen LogP contribution in [0, 0.1) is 0 Å². The Morgan fingerprint density at radius 3 is 1.31 bits per heavy atom. The lowest BCUT2D eigenvalue weighted by Crippen LogP contribution is -1.86. The molecule has 0 nitrogen and oxygen atoms in total. The summed E-state index contributed by atoms with van der Waals surface area (Å²) in [5.41, 5.74) is 13.3. The molecule has 2 aliphatic rings. The first-order valence-corrected chi connectivity index (χ1v) is 18.3. The van der Waals surface area contributed by atoms with Gasteiger partial charge in [0.15, 0.2) is 0 Å². The summed E-state index contributed by atoms with van der Waals surface area (Å²) < 4.78 is 0. The second-order valence-electron chi connectivity index (χ2n) is 14.8. The van der Waals surface area contributed by atoms with Gasteiger partial charge in [0, 0.05) is 0 Å². The summed E-state index contributed by atoms with van der Waals surface area (Å²) >= 11 is 0. The smallest absolute Gasteiger partial charge is 0.00199 e. The van der Waals surface area contributed by atoms with Crippen LogP contribution in [0.4, 0.5) is 0 Å². The Kier molecular flexibility index (Phi) is 4.94. The van der Waals surface area contributed by atoms with Gasteiger partial charge in [-0.2, -0.15) is 0 Å². The van der Waals surface area contributed by atoms with Crippen LogP contribution in [0.15, 0.2) is 170 Å². The van der Waals surface area contributed by atoms with Crippen LogP contribution in [0.1, 0.15) is 0 Å². The average molecular weight is 653 g/mol. The lowest BCUT2D eigenvalue weighted by Gasteiger charge is -2.13. The molecule has 0 saturated carbocycles. The van der Waals surface area contributed by atoms with Crippen LogP contribution >= 0.6 is 0 Å². The van der Waals surface area contributed by atoms with Crippen molar-refractivity contribution in [3.8, 4) is 55.6 Å². The third-order valence-corrected chi connectivity index (χ3v) is 12.3. The van der Waals surface area contributed by atoms with E-state index in [9.17, 15) is 0 Å². The number of fused-ring (bicyclic) bond motifs is 15. The lowest BCUT2D eigenvalue weighted by atomic mass is 9.90. The van der Waals surface area contributed by atoms with Crippen LogP contribution in [0.2, 0.25) is 0 Å². The van der Waals surface area contributed by atoms with Crippen LogP contribution in [0.5, 0.6) is 0 Å². The van der Waals surface area contributed by atoms with Gasteiger partial charge in [-0.3, -0.25) is 0 Å². The number of rotatable bonds is 1. The Morgan fingerprint density at radius 1 is 0.192 bits per heavy atom. The van der Waals surface area contributed by atoms with E-state index < -0.39 is 0 Å². The van der Waals surface area contributed by atoms with Gasteiger partial charge in [0.2, 0.25) is 0 Å². The topological polar surface area (TPSA) is 0 Å². The summed E-state index contributed by atoms with van der Waals surface area (Å²) in [6, 6.07) is 64.2. The summed E-state index contributed by atoms with van der Waals surface area (Å²) in [5.74, 6) is 0. The highest BCUT2D eigenvalue weighted by molar-refractivity contribution is 6.29. The van der Waals surface area contributed by atoms with Gasteiger partial charge in [-0.25, -0.2) is 0 Å². The van der Waals surface area contributed by atoms with Crippen LogP contribution in [0.3, 0.4) is 0 Å². The van der Waals surface area contributed by atoms with Crippen molar-refractivity contribution >= 4 is 75.4 Å². The van der Waals surface area contributed by atoms with Crippen LogP contribution < -0.4 is 0 Å². The van der Waals surface area contributed by atoms with E-state index >= 15 is 0 Å². The van der Waals surface area contributed by atoms with E-state index in [1.54, 1.807) is 0 Å². The maximum Gasteiger partial charge on any atom is -0.00199 e. The highest BCUT2D eigenvalue weighted by atomic mass is 14.3. The molecule has 0 unspecified atom stereocenters. The predicted octanol–water partition coefficient (Wildman–Crippen LogP) is 14.7. The first kappa shape index (κ1) is 27.0. The molecule has 0 atom stereocenters. The third-order valence-electron chi connectivity index (χ3n) is 12.3. The van der Waals surface area contributed by atoms with Crippen LogP contribution in [-0.2, 0) is 0 Å². The molecular weight excluding hydrogens is 625 g/mol. The molecule has 0 bridgehead atoms. The fraction of sp³-hybridized carbons (Fsp3) is 0. The van der Waals surface area contributed by atoms with Gasteiger partial charge in [0.1, 0.15) is 0 Å². The maximum atomic E-state index is 2.48. The minimum atomic E-state index is 1.26. The van der Waals surface area contributed by atoms with E-state index in [4.69, 9.17) is 0 Å². The van der Waals surface area contributed by atoms with Gasteiger partial charge < -0.3 is 0 Å². The van der Waals surface area contributed by atoms with Crippen molar-refractivity contribution in [3.63, 3.8) is 0 Å². The quantitative estimate of drug-likeness (QED) is 0.155. The van der Waals surface area contributed by atoms with Gasteiger partial charge in [0.05, 0.1) is 0 Å². The third kappa shape index (κ3) is 3.33. The first-order valence-electron chi connectivity index (χ1n) is 18.3. The Labute approximate surface area is 299 Å². The molecule has 11 aromatic rings. The van der Waals surface area contributed by atoms with Crippen LogP contribution in [-0.4, -0.2) is 0 Å². The molecule has 0 heterocycles.